The van der Waals surface area contributed by atoms with Crippen LogP contribution in [-0.4, -0.2) is 53.0 Å². The van der Waals surface area contributed by atoms with E-state index < -0.39 is 6.61 Å². The number of fused-ring (bicyclic) bond motifs is 1. The lowest BCUT2D eigenvalue weighted by atomic mass is 10.0. The van der Waals surface area contributed by atoms with Gasteiger partial charge in [-0.1, -0.05) is 19.9 Å². The highest BCUT2D eigenvalue weighted by molar-refractivity contribution is 7.99. The van der Waals surface area contributed by atoms with E-state index in [4.69, 9.17) is 0 Å². The lowest BCUT2D eigenvalue weighted by Gasteiger charge is -2.20. The maximum atomic E-state index is 12.4. The molecule has 0 radical (unpaired) electrons. The number of benzene rings is 2. The summed E-state index contributed by atoms with van der Waals surface area (Å²) in [5, 5.41) is 9.40. The maximum absolute atomic E-state index is 12.4. The summed E-state index contributed by atoms with van der Waals surface area (Å²) in [5.74, 6) is 2.68. The van der Waals surface area contributed by atoms with Gasteiger partial charge in [-0.25, -0.2) is 4.68 Å². The molecule has 1 aliphatic rings. The molecule has 33 heavy (non-hydrogen) atoms. The van der Waals surface area contributed by atoms with Gasteiger partial charge in [0.1, 0.15) is 17.1 Å². The quantitative estimate of drug-likeness (QED) is 0.320. The van der Waals surface area contributed by atoms with Crippen molar-refractivity contribution in [1.82, 2.24) is 15.1 Å². The smallest absolute Gasteiger partial charge is 0.387 e. The van der Waals surface area contributed by atoms with Gasteiger partial charge in [0.05, 0.1) is 11.2 Å². The second kappa shape index (κ2) is 13.0. The number of ether oxygens (including phenoxy) is 1. The zero-order valence-corrected chi connectivity index (χ0v) is 21.2. The van der Waals surface area contributed by atoms with Crippen molar-refractivity contribution < 1.29 is 18.3 Å². The molecular weight excluding hydrogens is 464 g/mol. The third-order valence-electron chi connectivity index (χ3n) is 5.11. The zero-order valence-electron chi connectivity index (χ0n) is 19.6. The number of nitrogens with one attached hydrogen (secondary N) is 1. The minimum absolute atomic E-state index is 0.0661. The van der Waals surface area contributed by atoms with Gasteiger partial charge >= 0.3 is 6.61 Å². The number of carbonyl (C=O) groups is 1. The first-order valence-electron chi connectivity index (χ1n) is 10.7. The number of carbonyl (C=O) groups excluding carboxylic acids is 1. The monoisotopic (exact) mass is 495 g/mol. The fraction of sp³-hybridized carbons (Fsp3) is 0.417. The summed E-state index contributed by atoms with van der Waals surface area (Å²) >= 11 is 3.49. The third kappa shape index (κ3) is 7.19. The van der Waals surface area contributed by atoms with Gasteiger partial charge in [-0.2, -0.15) is 25.6 Å². The van der Waals surface area contributed by atoms with Crippen LogP contribution in [0.25, 0.3) is 16.6 Å². The van der Waals surface area contributed by atoms with Crippen molar-refractivity contribution in [2.45, 2.75) is 44.4 Å². The van der Waals surface area contributed by atoms with E-state index in [0.717, 1.165) is 22.2 Å². The molecule has 0 saturated carbocycles. The van der Waals surface area contributed by atoms with E-state index in [2.05, 4.69) is 22.1 Å². The fourth-order valence-corrected chi connectivity index (χ4v) is 5.21. The van der Waals surface area contributed by atoms with Crippen LogP contribution in [0.4, 0.5) is 8.78 Å². The average Bonchev–Trinajstić information content (AvgIpc) is 3.44. The van der Waals surface area contributed by atoms with Crippen LogP contribution in [0.15, 0.2) is 47.5 Å². The van der Waals surface area contributed by atoms with Gasteiger partial charge in [-0.15, -0.1) is 11.8 Å². The van der Waals surface area contributed by atoms with Crippen LogP contribution < -0.4 is 10.1 Å². The average molecular weight is 496 g/mol. The zero-order chi connectivity index (χ0) is 24.4. The Balaban J connectivity index is 0.000000323. The minimum atomic E-state index is -2.88. The first-order chi connectivity index (χ1) is 15.9. The highest BCUT2D eigenvalue weighted by Gasteiger charge is 2.26. The van der Waals surface area contributed by atoms with Crippen LogP contribution in [0.1, 0.15) is 37.6 Å². The summed E-state index contributed by atoms with van der Waals surface area (Å²) in [6.45, 7) is 3.41. The predicted molar refractivity (Wildman–Crippen MR) is 136 cm³/mol. The molecule has 1 unspecified atom stereocenters. The van der Waals surface area contributed by atoms with Gasteiger partial charge < -0.3 is 10.1 Å². The fourth-order valence-electron chi connectivity index (χ4n) is 3.18. The molecule has 1 atom stereocenters. The van der Waals surface area contributed by atoms with Crippen LogP contribution in [0.3, 0.4) is 0 Å². The van der Waals surface area contributed by atoms with E-state index in [1.165, 1.54) is 41.8 Å². The number of rotatable bonds is 6. The molecule has 4 rings (SSSR count). The Morgan fingerprint density at radius 2 is 2.03 bits per heavy atom. The molecule has 9 heteroatoms. The van der Waals surface area contributed by atoms with Gasteiger partial charge in [0.25, 0.3) is 0 Å². The lowest BCUT2D eigenvalue weighted by molar-refractivity contribution is -0.0498. The molecule has 0 aliphatic carbocycles. The number of halogens is 2. The molecule has 0 bridgehead atoms. The SMILES string of the molecule is CC.CNC1(C)CCSC1.CSc1nn(-c2cccc(OC(F)F)c2)c2ccc(C=O)cc12. The first kappa shape index (κ1) is 27.1. The lowest BCUT2D eigenvalue weighted by Crippen LogP contribution is -2.39. The molecule has 1 saturated heterocycles. The number of thioether (sulfide) groups is 2. The number of hydrogen-bond acceptors (Lipinski definition) is 6. The van der Waals surface area contributed by atoms with Crippen molar-refractivity contribution in [3.05, 3.63) is 48.0 Å². The summed E-state index contributed by atoms with van der Waals surface area (Å²) in [7, 11) is 2.05. The molecule has 180 valence electrons. The molecule has 3 aromatic rings. The van der Waals surface area contributed by atoms with Crippen LogP contribution in [-0.2, 0) is 0 Å². The van der Waals surface area contributed by atoms with Crippen LogP contribution in [0.5, 0.6) is 5.75 Å². The van der Waals surface area contributed by atoms with Crippen molar-refractivity contribution in [1.29, 1.82) is 0 Å². The number of hydrogen-bond donors (Lipinski definition) is 1. The van der Waals surface area contributed by atoms with Gasteiger partial charge in [-0.05, 0) is 62.7 Å². The predicted octanol–water partition coefficient (Wildman–Crippen LogP) is 6.29. The molecule has 1 N–H and O–H groups in total. The van der Waals surface area contributed by atoms with Crippen molar-refractivity contribution in [3.63, 3.8) is 0 Å². The largest absolute Gasteiger partial charge is 0.435 e. The highest BCUT2D eigenvalue weighted by atomic mass is 32.2. The van der Waals surface area contributed by atoms with Gasteiger partial charge in [0.15, 0.2) is 0 Å². The minimum Gasteiger partial charge on any atom is -0.435 e. The normalized spacial score (nSPS) is 17.2. The van der Waals surface area contributed by atoms with Crippen LogP contribution in [0.2, 0.25) is 0 Å². The van der Waals surface area contributed by atoms with Crippen molar-refractivity contribution >= 4 is 40.7 Å². The summed E-state index contributed by atoms with van der Waals surface area (Å²) in [6.07, 6.45) is 3.99. The topological polar surface area (TPSA) is 56.1 Å². The molecular formula is C24H31F2N3O2S2. The Morgan fingerprint density at radius 1 is 1.27 bits per heavy atom. The molecule has 2 heterocycles. The molecule has 1 aliphatic heterocycles. The number of aldehydes is 1. The molecule has 0 spiro atoms. The van der Waals surface area contributed by atoms with Crippen molar-refractivity contribution in [2.24, 2.45) is 0 Å². The van der Waals surface area contributed by atoms with Crippen molar-refractivity contribution in [2.75, 3.05) is 24.8 Å². The summed E-state index contributed by atoms with van der Waals surface area (Å²) in [6, 6.07) is 11.6. The summed E-state index contributed by atoms with van der Waals surface area (Å²) in [5.41, 5.74) is 2.40. The summed E-state index contributed by atoms with van der Waals surface area (Å²) in [4.78, 5) is 11.0. The Kier molecular flexibility index (Phi) is 10.7. The van der Waals surface area contributed by atoms with E-state index in [9.17, 15) is 13.6 Å². The molecule has 2 aromatic carbocycles. The second-order valence-corrected chi connectivity index (χ2v) is 9.20. The maximum Gasteiger partial charge on any atom is 0.387 e. The number of aromatic nitrogens is 2. The van der Waals surface area contributed by atoms with Gasteiger partial charge in [0.2, 0.25) is 0 Å². The number of alkyl halides is 2. The highest BCUT2D eigenvalue weighted by Crippen LogP contribution is 2.30. The Hall–Kier alpha value is -2.10. The third-order valence-corrected chi connectivity index (χ3v) is 7.13. The van der Waals surface area contributed by atoms with E-state index in [0.29, 0.717) is 16.8 Å². The molecule has 1 fully saturated rings. The first-order valence-corrected chi connectivity index (χ1v) is 13.1. The molecule has 1 aromatic heterocycles. The van der Waals surface area contributed by atoms with E-state index in [-0.39, 0.29) is 5.75 Å². The van der Waals surface area contributed by atoms with Gasteiger partial charge in [0, 0.05) is 28.3 Å². The van der Waals surface area contributed by atoms with E-state index in [1.54, 1.807) is 35.0 Å². The Morgan fingerprint density at radius 3 is 2.58 bits per heavy atom. The van der Waals surface area contributed by atoms with E-state index in [1.807, 2.05) is 38.9 Å². The van der Waals surface area contributed by atoms with Crippen molar-refractivity contribution in [3.8, 4) is 11.4 Å². The molecule has 5 nitrogen and oxygen atoms in total. The number of nitrogens with zero attached hydrogens (tertiary/aromatic N) is 2. The standard InChI is InChI=1S/C16H12F2N2O2S.C6H13NS.C2H6/c1-23-15-13-7-10(9-21)5-6-14(13)20(19-15)11-3-2-4-12(8-11)22-16(17)18;1-6(7-2)3-4-8-5-6;1-2/h2-9,16H,1H3;7H,3-5H2,1-2H3;1-2H3. The summed E-state index contributed by atoms with van der Waals surface area (Å²) < 4.78 is 30.8. The molecule has 0 amide bonds. The van der Waals surface area contributed by atoms with E-state index >= 15 is 0 Å². The Labute approximate surface area is 202 Å². The Bertz CT molecular complexity index is 1040. The van der Waals surface area contributed by atoms with Gasteiger partial charge in [-0.3, -0.25) is 4.79 Å². The van der Waals surface area contributed by atoms with Crippen LogP contribution >= 0.6 is 23.5 Å². The van der Waals surface area contributed by atoms with Crippen LogP contribution in [0, 0.1) is 0 Å². The second-order valence-electron chi connectivity index (χ2n) is 7.30.